The molecule has 2 rings (SSSR count). The molecule has 130 valence electrons. The van der Waals surface area contributed by atoms with E-state index in [0.29, 0.717) is 0 Å². The Bertz CT molecular complexity index is 630. The molecule has 0 aliphatic carbocycles. The molecule has 0 aromatic heterocycles. The number of nitrogens with one attached hydrogen (secondary N) is 3. The topological polar surface area (TPSA) is 96.5 Å². The summed E-state index contributed by atoms with van der Waals surface area (Å²) in [5.74, 6) is 0.162. The lowest BCUT2D eigenvalue weighted by Gasteiger charge is -2.20. The summed E-state index contributed by atoms with van der Waals surface area (Å²) in [6.45, 7) is 5.77. The Morgan fingerprint density at radius 3 is 2.58 bits per heavy atom. The van der Waals surface area contributed by atoms with Crippen LogP contribution in [0.4, 0.5) is 4.79 Å². The highest BCUT2D eigenvalue weighted by atomic mass is 16.5. The smallest absolute Gasteiger partial charge is 0.322 e. The maximum absolute atomic E-state index is 12.1. The number of ether oxygens (including phenoxy) is 1. The number of rotatable bonds is 7. The van der Waals surface area contributed by atoms with Gasteiger partial charge in [0.1, 0.15) is 11.8 Å². The van der Waals surface area contributed by atoms with Gasteiger partial charge in [-0.3, -0.25) is 14.9 Å². The molecule has 7 heteroatoms. The molecule has 0 saturated carbocycles. The molecule has 1 saturated heterocycles. The molecule has 1 fully saturated rings. The van der Waals surface area contributed by atoms with Gasteiger partial charge in [0.2, 0.25) is 5.91 Å². The van der Waals surface area contributed by atoms with Crippen molar-refractivity contribution in [3.05, 3.63) is 29.8 Å². The molecular weight excluding hydrogens is 310 g/mol. The van der Waals surface area contributed by atoms with Crippen molar-refractivity contribution in [1.82, 2.24) is 16.0 Å². The first-order chi connectivity index (χ1) is 11.4. The predicted octanol–water partition coefficient (Wildman–Crippen LogP) is 1.64. The zero-order valence-corrected chi connectivity index (χ0v) is 14.1. The minimum atomic E-state index is -0.643. The number of para-hydroxylation sites is 1. The molecule has 1 aromatic carbocycles. The summed E-state index contributed by atoms with van der Waals surface area (Å²) in [7, 11) is 0. The number of imide groups is 1. The van der Waals surface area contributed by atoms with E-state index in [-0.39, 0.29) is 30.9 Å². The number of benzene rings is 1. The molecule has 2 unspecified atom stereocenters. The van der Waals surface area contributed by atoms with E-state index in [0.717, 1.165) is 11.3 Å². The van der Waals surface area contributed by atoms with Gasteiger partial charge >= 0.3 is 6.03 Å². The zero-order chi connectivity index (χ0) is 17.7. The fourth-order valence-electron chi connectivity index (χ4n) is 2.53. The van der Waals surface area contributed by atoms with E-state index in [9.17, 15) is 14.4 Å². The van der Waals surface area contributed by atoms with E-state index in [1.807, 2.05) is 45.0 Å². The van der Waals surface area contributed by atoms with Crippen molar-refractivity contribution < 1.29 is 19.1 Å². The number of hydrogen-bond acceptors (Lipinski definition) is 4. The quantitative estimate of drug-likeness (QED) is 0.661. The standard InChI is InChI=1S/C17H23N3O4/c1-10(2)24-14-7-5-4-6-12(14)11(3)18-15(21)9-8-13-16(22)20-17(23)19-13/h4-7,10-11,13H,8-9H2,1-3H3,(H,18,21)(H2,19,20,22,23). The molecule has 0 bridgehead atoms. The van der Waals surface area contributed by atoms with Gasteiger partial charge in [-0.1, -0.05) is 18.2 Å². The van der Waals surface area contributed by atoms with Crippen LogP contribution < -0.4 is 20.7 Å². The van der Waals surface area contributed by atoms with Crippen molar-refractivity contribution >= 4 is 17.8 Å². The summed E-state index contributed by atoms with van der Waals surface area (Å²) >= 11 is 0. The molecule has 3 N–H and O–H groups in total. The third-order valence-electron chi connectivity index (χ3n) is 3.64. The average Bonchev–Trinajstić information content (AvgIpc) is 2.83. The Labute approximate surface area is 141 Å². The Balaban J connectivity index is 1.90. The Hall–Kier alpha value is -2.57. The van der Waals surface area contributed by atoms with Crippen molar-refractivity contribution in [1.29, 1.82) is 0 Å². The van der Waals surface area contributed by atoms with Gasteiger partial charge in [0.05, 0.1) is 12.1 Å². The number of urea groups is 1. The van der Waals surface area contributed by atoms with Crippen LogP contribution >= 0.6 is 0 Å². The van der Waals surface area contributed by atoms with Crippen LogP contribution in [0.5, 0.6) is 5.75 Å². The molecule has 1 aliphatic heterocycles. The van der Waals surface area contributed by atoms with Crippen molar-refractivity contribution in [3.63, 3.8) is 0 Å². The fourth-order valence-corrected chi connectivity index (χ4v) is 2.53. The molecule has 1 aromatic rings. The van der Waals surface area contributed by atoms with E-state index in [4.69, 9.17) is 4.74 Å². The summed E-state index contributed by atoms with van der Waals surface area (Å²) in [6.07, 6.45) is 0.453. The van der Waals surface area contributed by atoms with Gasteiger partial charge in [-0.2, -0.15) is 0 Å². The third kappa shape index (κ3) is 4.71. The molecule has 7 nitrogen and oxygen atoms in total. The van der Waals surface area contributed by atoms with Crippen LogP contribution in [-0.4, -0.2) is 30.0 Å². The number of amides is 4. The van der Waals surface area contributed by atoms with E-state index in [1.54, 1.807) is 0 Å². The van der Waals surface area contributed by atoms with Crippen LogP contribution in [0.25, 0.3) is 0 Å². The van der Waals surface area contributed by atoms with Gasteiger partial charge in [-0.05, 0) is 33.3 Å². The van der Waals surface area contributed by atoms with Crippen molar-refractivity contribution in [2.24, 2.45) is 0 Å². The lowest BCUT2D eigenvalue weighted by molar-refractivity contribution is -0.122. The summed E-state index contributed by atoms with van der Waals surface area (Å²) in [5, 5.41) is 7.52. The van der Waals surface area contributed by atoms with Crippen LogP contribution in [0.2, 0.25) is 0 Å². The molecule has 24 heavy (non-hydrogen) atoms. The second-order valence-corrected chi connectivity index (χ2v) is 6.05. The minimum absolute atomic E-state index is 0.0403. The van der Waals surface area contributed by atoms with Gasteiger partial charge in [0.15, 0.2) is 0 Å². The van der Waals surface area contributed by atoms with E-state index >= 15 is 0 Å². The van der Waals surface area contributed by atoms with Crippen LogP contribution in [0.3, 0.4) is 0 Å². The second-order valence-electron chi connectivity index (χ2n) is 6.05. The van der Waals surface area contributed by atoms with Crippen molar-refractivity contribution in [3.8, 4) is 5.75 Å². The zero-order valence-electron chi connectivity index (χ0n) is 14.1. The van der Waals surface area contributed by atoms with E-state index in [2.05, 4.69) is 16.0 Å². The SMILES string of the molecule is CC(C)Oc1ccccc1C(C)NC(=O)CCC1NC(=O)NC1=O. The van der Waals surface area contributed by atoms with Gasteiger partial charge in [0, 0.05) is 12.0 Å². The first-order valence-electron chi connectivity index (χ1n) is 8.03. The van der Waals surface area contributed by atoms with Crippen molar-refractivity contribution in [2.45, 2.75) is 51.8 Å². The molecule has 0 spiro atoms. The monoisotopic (exact) mass is 333 g/mol. The minimum Gasteiger partial charge on any atom is -0.491 e. The average molecular weight is 333 g/mol. The Morgan fingerprint density at radius 1 is 1.25 bits per heavy atom. The maximum Gasteiger partial charge on any atom is 0.322 e. The highest BCUT2D eigenvalue weighted by Gasteiger charge is 2.29. The predicted molar refractivity (Wildman–Crippen MR) is 88.5 cm³/mol. The van der Waals surface area contributed by atoms with E-state index in [1.165, 1.54) is 0 Å². The Kier molecular flexibility index (Phi) is 5.78. The Morgan fingerprint density at radius 2 is 1.96 bits per heavy atom. The molecule has 1 aliphatic rings. The van der Waals surface area contributed by atoms with Gasteiger partial charge in [-0.15, -0.1) is 0 Å². The first-order valence-corrected chi connectivity index (χ1v) is 8.03. The second kappa shape index (κ2) is 7.81. The molecular formula is C17H23N3O4. The van der Waals surface area contributed by atoms with Crippen LogP contribution in [0.15, 0.2) is 24.3 Å². The molecule has 2 atom stereocenters. The maximum atomic E-state index is 12.1. The molecule has 4 amide bonds. The lowest BCUT2D eigenvalue weighted by atomic mass is 10.1. The summed E-state index contributed by atoms with van der Waals surface area (Å²) < 4.78 is 5.76. The lowest BCUT2D eigenvalue weighted by Crippen LogP contribution is -2.32. The summed E-state index contributed by atoms with van der Waals surface area (Å²) in [4.78, 5) is 34.6. The van der Waals surface area contributed by atoms with Crippen molar-refractivity contribution in [2.75, 3.05) is 0 Å². The van der Waals surface area contributed by atoms with E-state index < -0.39 is 18.0 Å². The van der Waals surface area contributed by atoms with Gasteiger partial charge in [-0.25, -0.2) is 4.79 Å². The normalized spacial score (nSPS) is 18.1. The van der Waals surface area contributed by atoms with Gasteiger partial charge in [0.25, 0.3) is 5.91 Å². The number of carbonyl (C=O) groups is 3. The highest BCUT2D eigenvalue weighted by molar-refractivity contribution is 6.04. The summed E-state index contributed by atoms with van der Waals surface area (Å²) in [6, 6.07) is 6.18. The molecule has 0 radical (unpaired) electrons. The summed E-state index contributed by atoms with van der Waals surface area (Å²) in [5.41, 5.74) is 0.895. The third-order valence-corrected chi connectivity index (χ3v) is 3.64. The van der Waals surface area contributed by atoms with Gasteiger partial charge < -0.3 is 15.4 Å². The number of carbonyl (C=O) groups excluding carboxylic acids is 3. The largest absolute Gasteiger partial charge is 0.491 e. The highest BCUT2D eigenvalue weighted by Crippen LogP contribution is 2.25. The number of hydrogen-bond donors (Lipinski definition) is 3. The first kappa shape index (κ1) is 17.8. The van der Waals surface area contributed by atoms with Crippen LogP contribution in [0, 0.1) is 0 Å². The van der Waals surface area contributed by atoms with Crippen LogP contribution in [-0.2, 0) is 9.59 Å². The fraction of sp³-hybridized carbons (Fsp3) is 0.471. The van der Waals surface area contributed by atoms with Crippen LogP contribution in [0.1, 0.15) is 45.2 Å². The molecule has 1 heterocycles.